The zero-order chi connectivity index (χ0) is 28.1. The summed E-state index contributed by atoms with van der Waals surface area (Å²) >= 11 is 0. The molecule has 1 aromatic rings. The Kier molecular flexibility index (Phi) is 13.7. The SMILES string of the molecule is CC(C)(C)OC(=O)N(C(=O)OC(C)(C)C)C(CCCCN)C(=O)O.COC(=O)C(N)Cc1cnc[nH]1. The molecular weight excluding hydrogens is 474 g/mol. The number of aliphatic carboxylic acids is 1. The number of rotatable bonds is 9. The fraction of sp³-hybridized carbons (Fsp3) is 0.696. The van der Waals surface area contributed by atoms with E-state index in [9.17, 15) is 24.3 Å². The van der Waals surface area contributed by atoms with Gasteiger partial charge in [0, 0.05) is 18.3 Å². The van der Waals surface area contributed by atoms with Crippen LogP contribution < -0.4 is 11.5 Å². The molecule has 2 amide bonds. The van der Waals surface area contributed by atoms with Gasteiger partial charge in [-0.05, 0) is 67.3 Å². The highest BCUT2D eigenvalue weighted by molar-refractivity contribution is 5.93. The van der Waals surface area contributed by atoms with Gasteiger partial charge < -0.3 is 35.8 Å². The summed E-state index contributed by atoms with van der Waals surface area (Å²) in [6.07, 6.45) is 2.61. The molecule has 1 rings (SSSR count). The van der Waals surface area contributed by atoms with E-state index >= 15 is 0 Å². The van der Waals surface area contributed by atoms with E-state index in [0.717, 1.165) is 5.69 Å². The lowest BCUT2D eigenvalue weighted by atomic mass is 10.1. The molecule has 1 aromatic heterocycles. The van der Waals surface area contributed by atoms with Crippen molar-refractivity contribution in [3.05, 3.63) is 18.2 Å². The Morgan fingerprint density at radius 1 is 1.06 bits per heavy atom. The van der Waals surface area contributed by atoms with Crippen LogP contribution in [0.1, 0.15) is 66.5 Å². The number of carboxylic acids is 1. The summed E-state index contributed by atoms with van der Waals surface area (Å²) < 4.78 is 14.8. The number of nitrogens with two attached hydrogens (primary N) is 2. The number of nitrogens with zero attached hydrogens (tertiary/aromatic N) is 2. The summed E-state index contributed by atoms with van der Waals surface area (Å²) in [6, 6.07) is -1.99. The van der Waals surface area contributed by atoms with Gasteiger partial charge in [-0.2, -0.15) is 4.90 Å². The van der Waals surface area contributed by atoms with Gasteiger partial charge in [-0.25, -0.2) is 19.4 Å². The van der Waals surface area contributed by atoms with Crippen LogP contribution in [-0.4, -0.2) is 81.0 Å². The molecule has 0 aliphatic heterocycles. The van der Waals surface area contributed by atoms with Crippen molar-refractivity contribution in [2.75, 3.05) is 13.7 Å². The molecule has 13 nitrogen and oxygen atoms in total. The summed E-state index contributed by atoms with van der Waals surface area (Å²) in [5.41, 5.74) is 9.98. The first-order valence-corrected chi connectivity index (χ1v) is 11.5. The van der Waals surface area contributed by atoms with Gasteiger partial charge in [0.1, 0.15) is 23.3 Å². The van der Waals surface area contributed by atoms with Crippen LogP contribution in [-0.2, 0) is 30.2 Å². The molecule has 0 fully saturated rings. The molecule has 2 atom stereocenters. The highest BCUT2D eigenvalue weighted by Crippen LogP contribution is 2.19. The summed E-state index contributed by atoms with van der Waals surface area (Å²) in [6.45, 7) is 10.2. The monoisotopic (exact) mass is 515 g/mol. The topological polar surface area (TPSA) is 200 Å². The molecule has 0 aromatic carbocycles. The smallest absolute Gasteiger partial charge is 0.420 e. The van der Waals surface area contributed by atoms with Crippen LogP contribution in [0, 0.1) is 0 Å². The molecule has 13 heteroatoms. The highest BCUT2D eigenvalue weighted by atomic mass is 16.6. The first-order chi connectivity index (χ1) is 16.5. The van der Waals surface area contributed by atoms with Crippen LogP contribution in [0.15, 0.2) is 12.5 Å². The Bertz CT molecular complexity index is 803. The van der Waals surface area contributed by atoms with Gasteiger partial charge in [0.2, 0.25) is 0 Å². The van der Waals surface area contributed by atoms with Gasteiger partial charge in [0.15, 0.2) is 0 Å². The van der Waals surface area contributed by atoms with Crippen molar-refractivity contribution in [2.24, 2.45) is 11.5 Å². The minimum atomic E-state index is -1.37. The number of esters is 1. The molecule has 0 aliphatic carbocycles. The largest absolute Gasteiger partial charge is 0.480 e. The van der Waals surface area contributed by atoms with Gasteiger partial charge >= 0.3 is 24.1 Å². The van der Waals surface area contributed by atoms with Crippen LogP contribution in [0.3, 0.4) is 0 Å². The molecule has 0 saturated carbocycles. The standard InChI is InChI=1S/C16H30N2O6.C7H11N3O2/c1-15(2,3)23-13(21)18(14(22)24-16(4,5)6)11(12(19)20)9-7-8-10-17;1-12-7(11)6(8)2-5-3-9-4-10-5/h11H,7-10,17H2,1-6H3,(H,19,20);3-4,6H,2,8H2,1H3,(H,9,10). The van der Waals surface area contributed by atoms with Gasteiger partial charge in [0.05, 0.1) is 13.4 Å². The summed E-state index contributed by atoms with van der Waals surface area (Å²) in [5, 5.41) is 9.45. The molecule has 6 N–H and O–H groups in total. The average Bonchev–Trinajstić information content (AvgIpc) is 3.23. The lowest BCUT2D eigenvalue weighted by Crippen LogP contribution is -2.52. The van der Waals surface area contributed by atoms with Crippen LogP contribution in [0.2, 0.25) is 0 Å². The summed E-state index contributed by atoms with van der Waals surface area (Å²) in [5.74, 6) is -1.71. The number of aromatic amines is 1. The number of carbonyl (C=O) groups is 4. The molecular formula is C23H41N5O8. The second kappa shape index (κ2) is 15.0. The average molecular weight is 516 g/mol. The lowest BCUT2D eigenvalue weighted by Gasteiger charge is -2.31. The minimum Gasteiger partial charge on any atom is -0.480 e. The van der Waals surface area contributed by atoms with E-state index in [0.29, 0.717) is 30.7 Å². The third kappa shape index (κ3) is 13.6. The van der Waals surface area contributed by atoms with Crippen molar-refractivity contribution in [3.63, 3.8) is 0 Å². The molecule has 36 heavy (non-hydrogen) atoms. The van der Waals surface area contributed by atoms with Crippen LogP contribution in [0.4, 0.5) is 9.59 Å². The van der Waals surface area contributed by atoms with Crippen molar-refractivity contribution < 1.29 is 38.5 Å². The number of imidazole rings is 1. The highest BCUT2D eigenvalue weighted by Gasteiger charge is 2.39. The van der Waals surface area contributed by atoms with Crippen LogP contribution in [0.5, 0.6) is 0 Å². The Labute approximate surface area is 211 Å². The number of carboxylic acid groups (broad SMARTS) is 1. The number of aromatic nitrogens is 2. The van der Waals surface area contributed by atoms with E-state index in [-0.39, 0.29) is 6.42 Å². The number of methoxy groups -OCH3 is 1. The Balaban J connectivity index is 0.000000846. The van der Waals surface area contributed by atoms with Gasteiger partial charge in [0.25, 0.3) is 0 Å². The maximum absolute atomic E-state index is 12.4. The van der Waals surface area contributed by atoms with Crippen LogP contribution in [0.25, 0.3) is 0 Å². The number of carbonyl (C=O) groups excluding carboxylic acids is 3. The number of unbranched alkanes of at least 4 members (excludes halogenated alkanes) is 1. The number of hydrogen-bond acceptors (Lipinski definition) is 10. The molecule has 0 aliphatic rings. The maximum atomic E-state index is 12.4. The van der Waals surface area contributed by atoms with Gasteiger partial charge in [-0.15, -0.1) is 0 Å². The van der Waals surface area contributed by atoms with Crippen molar-refractivity contribution in [3.8, 4) is 0 Å². The first kappa shape index (κ1) is 32.8. The van der Waals surface area contributed by atoms with E-state index in [1.807, 2.05) is 0 Å². The molecule has 0 spiro atoms. The van der Waals surface area contributed by atoms with Crippen molar-refractivity contribution in [1.29, 1.82) is 0 Å². The third-order valence-corrected chi connectivity index (χ3v) is 4.21. The van der Waals surface area contributed by atoms with Gasteiger partial charge in [-0.3, -0.25) is 4.79 Å². The number of nitrogens with one attached hydrogen (secondary N) is 1. The molecule has 0 saturated heterocycles. The van der Waals surface area contributed by atoms with Crippen molar-refractivity contribution >= 4 is 24.1 Å². The Hall–Kier alpha value is -3.19. The van der Waals surface area contributed by atoms with Crippen LogP contribution >= 0.6 is 0 Å². The second-order valence-electron chi connectivity index (χ2n) is 9.88. The molecule has 2 unspecified atom stereocenters. The quantitative estimate of drug-likeness (QED) is 0.213. The number of ether oxygens (including phenoxy) is 3. The predicted octanol–water partition coefficient (Wildman–Crippen LogP) is 2.19. The molecule has 0 radical (unpaired) electrons. The fourth-order valence-corrected chi connectivity index (χ4v) is 2.66. The number of H-pyrrole nitrogens is 1. The summed E-state index contributed by atoms with van der Waals surface area (Å²) in [7, 11) is 1.31. The maximum Gasteiger partial charge on any atom is 0.420 e. The van der Waals surface area contributed by atoms with E-state index in [1.54, 1.807) is 54.1 Å². The minimum absolute atomic E-state index is 0.0744. The normalized spacial score (nSPS) is 12.9. The molecule has 0 bridgehead atoms. The Morgan fingerprint density at radius 3 is 1.94 bits per heavy atom. The summed E-state index contributed by atoms with van der Waals surface area (Å²) in [4.78, 5) is 54.4. The second-order valence-corrected chi connectivity index (χ2v) is 9.88. The zero-order valence-electron chi connectivity index (χ0n) is 22.2. The van der Waals surface area contributed by atoms with Crippen molar-refractivity contribution in [2.45, 2.75) is 90.5 Å². The van der Waals surface area contributed by atoms with E-state index in [2.05, 4.69) is 14.7 Å². The van der Waals surface area contributed by atoms with E-state index < -0.39 is 47.4 Å². The van der Waals surface area contributed by atoms with E-state index in [4.69, 9.17) is 20.9 Å². The van der Waals surface area contributed by atoms with Crippen molar-refractivity contribution in [1.82, 2.24) is 14.9 Å². The van der Waals surface area contributed by atoms with E-state index in [1.165, 1.54) is 7.11 Å². The third-order valence-electron chi connectivity index (χ3n) is 4.21. The first-order valence-electron chi connectivity index (χ1n) is 11.5. The number of hydrogen-bond donors (Lipinski definition) is 4. The Morgan fingerprint density at radius 2 is 1.58 bits per heavy atom. The lowest BCUT2D eigenvalue weighted by molar-refractivity contribution is -0.143. The number of amides is 2. The zero-order valence-corrected chi connectivity index (χ0v) is 22.2. The predicted molar refractivity (Wildman–Crippen MR) is 131 cm³/mol. The fourth-order valence-electron chi connectivity index (χ4n) is 2.66. The van der Waals surface area contributed by atoms with Gasteiger partial charge in [-0.1, -0.05) is 0 Å². The molecule has 1 heterocycles. The number of imide groups is 1. The molecule has 206 valence electrons.